The van der Waals surface area contributed by atoms with E-state index in [1.165, 1.54) is 64.2 Å². The second-order valence-corrected chi connectivity index (χ2v) is 7.47. The van der Waals surface area contributed by atoms with E-state index in [0.717, 1.165) is 38.3 Å². The quantitative estimate of drug-likeness (QED) is 0.844. The van der Waals surface area contributed by atoms with Crippen molar-refractivity contribution in [3.05, 3.63) is 0 Å². The summed E-state index contributed by atoms with van der Waals surface area (Å²) in [6.07, 6.45) is 14.6. The molecule has 21 heavy (non-hydrogen) atoms. The molecular formula is C18H33NO2. The Morgan fingerprint density at radius 3 is 1.90 bits per heavy atom. The first-order valence-electron chi connectivity index (χ1n) is 9.36. The predicted octanol–water partition coefficient (Wildman–Crippen LogP) is 3.35. The van der Waals surface area contributed by atoms with Crippen LogP contribution in [0.15, 0.2) is 0 Å². The molecular weight excluding hydrogens is 262 g/mol. The maximum atomic E-state index is 10.7. The Labute approximate surface area is 130 Å². The summed E-state index contributed by atoms with van der Waals surface area (Å²) in [7, 11) is 0. The van der Waals surface area contributed by atoms with Gasteiger partial charge in [0.2, 0.25) is 0 Å². The molecule has 3 aliphatic rings. The number of hydrogen-bond acceptors (Lipinski definition) is 3. The molecule has 1 heterocycles. The van der Waals surface area contributed by atoms with Gasteiger partial charge in [-0.1, -0.05) is 38.5 Å². The molecule has 1 N–H and O–H groups in total. The van der Waals surface area contributed by atoms with Crippen molar-refractivity contribution < 1.29 is 9.84 Å². The molecule has 0 radical (unpaired) electrons. The van der Waals surface area contributed by atoms with E-state index in [0.29, 0.717) is 5.92 Å². The summed E-state index contributed by atoms with van der Waals surface area (Å²) in [6, 6.07) is 1.47. The van der Waals surface area contributed by atoms with E-state index in [9.17, 15) is 5.11 Å². The molecule has 0 aromatic carbocycles. The zero-order valence-corrected chi connectivity index (χ0v) is 13.5. The van der Waals surface area contributed by atoms with Crippen LogP contribution >= 0.6 is 0 Å². The molecule has 1 aliphatic heterocycles. The highest BCUT2D eigenvalue weighted by Gasteiger charge is 2.33. The zero-order valence-electron chi connectivity index (χ0n) is 13.5. The lowest BCUT2D eigenvalue weighted by Gasteiger charge is -2.43. The van der Waals surface area contributed by atoms with Gasteiger partial charge >= 0.3 is 0 Å². The van der Waals surface area contributed by atoms with Gasteiger partial charge in [-0.15, -0.1) is 0 Å². The van der Waals surface area contributed by atoms with E-state index < -0.39 is 0 Å². The molecule has 122 valence electrons. The summed E-state index contributed by atoms with van der Waals surface area (Å²) < 4.78 is 5.47. The van der Waals surface area contributed by atoms with Crippen LogP contribution < -0.4 is 0 Å². The first-order valence-corrected chi connectivity index (χ1v) is 9.36. The van der Waals surface area contributed by atoms with Crippen LogP contribution in [-0.4, -0.2) is 48.0 Å². The number of nitrogens with zero attached hydrogens (tertiary/aromatic N) is 1. The molecule has 2 unspecified atom stereocenters. The van der Waals surface area contributed by atoms with Gasteiger partial charge in [0.25, 0.3) is 0 Å². The summed E-state index contributed by atoms with van der Waals surface area (Å²) in [6.45, 7) is 2.50. The summed E-state index contributed by atoms with van der Waals surface area (Å²) in [5.74, 6) is 0.375. The summed E-state index contributed by atoms with van der Waals surface area (Å²) in [4.78, 5) is 2.72. The van der Waals surface area contributed by atoms with Crippen LogP contribution in [-0.2, 0) is 4.74 Å². The molecule has 3 nitrogen and oxygen atoms in total. The standard InChI is InChI=1S/C18H33NO2/c20-18(15-11-12-21-14-15)13-19(16-7-3-1-4-8-16)17-9-5-2-6-10-17/h15-18,20H,1-14H2. The minimum atomic E-state index is -0.184. The smallest absolute Gasteiger partial charge is 0.0718 e. The lowest BCUT2D eigenvalue weighted by atomic mass is 9.87. The van der Waals surface area contributed by atoms with Gasteiger partial charge in [0.15, 0.2) is 0 Å². The van der Waals surface area contributed by atoms with Crippen LogP contribution in [0.5, 0.6) is 0 Å². The number of ether oxygens (including phenoxy) is 1. The molecule has 0 amide bonds. The molecule has 3 heteroatoms. The topological polar surface area (TPSA) is 32.7 Å². The van der Waals surface area contributed by atoms with Gasteiger partial charge < -0.3 is 9.84 Å². The van der Waals surface area contributed by atoms with Crippen molar-refractivity contribution in [2.75, 3.05) is 19.8 Å². The normalized spacial score (nSPS) is 30.9. The van der Waals surface area contributed by atoms with Crippen molar-refractivity contribution in [1.82, 2.24) is 4.90 Å². The van der Waals surface area contributed by atoms with Gasteiger partial charge in [0.1, 0.15) is 0 Å². The van der Waals surface area contributed by atoms with Gasteiger partial charge in [-0.3, -0.25) is 4.90 Å². The van der Waals surface area contributed by atoms with Crippen LogP contribution in [0.1, 0.15) is 70.6 Å². The third-order valence-electron chi connectivity index (χ3n) is 5.99. The molecule has 2 atom stereocenters. The largest absolute Gasteiger partial charge is 0.391 e. The summed E-state index contributed by atoms with van der Waals surface area (Å²) >= 11 is 0. The second kappa shape index (κ2) is 7.94. The SMILES string of the molecule is OC(CN(C1CCCCC1)C1CCCCC1)C1CCOC1. The molecule has 1 saturated heterocycles. The van der Waals surface area contributed by atoms with Crippen molar-refractivity contribution in [2.45, 2.75) is 88.8 Å². The van der Waals surface area contributed by atoms with Crippen LogP contribution in [0.2, 0.25) is 0 Å². The van der Waals surface area contributed by atoms with Gasteiger partial charge in [0, 0.05) is 31.2 Å². The highest BCUT2D eigenvalue weighted by Crippen LogP contribution is 2.31. The van der Waals surface area contributed by atoms with Crippen LogP contribution in [0.25, 0.3) is 0 Å². The van der Waals surface area contributed by atoms with Gasteiger partial charge in [-0.05, 0) is 32.1 Å². The lowest BCUT2D eigenvalue weighted by Crippen LogP contribution is -2.49. The minimum absolute atomic E-state index is 0.184. The highest BCUT2D eigenvalue weighted by molar-refractivity contribution is 4.87. The fourth-order valence-electron chi connectivity index (χ4n) is 4.64. The van der Waals surface area contributed by atoms with Gasteiger partial charge in [-0.2, -0.15) is 0 Å². The molecule has 0 aromatic heterocycles. The molecule has 3 rings (SSSR count). The summed E-state index contributed by atoms with van der Waals surface area (Å²) in [5.41, 5.74) is 0. The van der Waals surface area contributed by atoms with Crippen molar-refractivity contribution in [3.8, 4) is 0 Å². The van der Waals surface area contributed by atoms with E-state index in [4.69, 9.17) is 4.74 Å². The monoisotopic (exact) mass is 295 g/mol. The fourth-order valence-corrected chi connectivity index (χ4v) is 4.64. The van der Waals surface area contributed by atoms with Crippen LogP contribution in [0.3, 0.4) is 0 Å². The van der Waals surface area contributed by atoms with E-state index >= 15 is 0 Å². The first kappa shape index (κ1) is 15.8. The Bertz CT molecular complexity index is 274. The molecule has 0 aromatic rings. The van der Waals surface area contributed by atoms with Gasteiger partial charge in [-0.25, -0.2) is 0 Å². The van der Waals surface area contributed by atoms with Crippen molar-refractivity contribution in [2.24, 2.45) is 5.92 Å². The van der Waals surface area contributed by atoms with Gasteiger partial charge in [0.05, 0.1) is 12.7 Å². The maximum absolute atomic E-state index is 10.7. The molecule has 2 aliphatic carbocycles. The third kappa shape index (κ3) is 4.20. The maximum Gasteiger partial charge on any atom is 0.0718 e. The van der Waals surface area contributed by atoms with Crippen LogP contribution in [0, 0.1) is 5.92 Å². The number of aliphatic hydroxyl groups is 1. The fraction of sp³-hybridized carbons (Fsp3) is 1.00. The first-order chi connectivity index (χ1) is 10.3. The second-order valence-electron chi connectivity index (χ2n) is 7.47. The Morgan fingerprint density at radius 1 is 0.857 bits per heavy atom. The Balaban J connectivity index is 1.61. The van der Waals surface area contributed by atoms with E-state index in [1.807, 2.05) is 0 Å². The average Bonchev–Trinajstić information content (AvgIpc) is 3.09. The minimum Gasteiger partial charge on any atom is -0.391 e. The Morgan fingerprint density at radius 2 is 1.43 bits per heavy atom. The lowest BCUT2D eigenvalue weighted by molar-refractivity contribution is 0.00403. The number of aliphatic hydroxyl groups excluding tert-OH is 1. The van der Waals surface area contributed by atoms with Crippen molar-refractivity contribution >= 4 is 0 Å². The van der Waals surface area contributed by atoms with Crippen LogP contribution in [0.4, 0.5) is 0 Å². The Kier molecular flexibility index (Phi) is 5.96. The predicted molar refractivity (Wildman–Crippen MR) is 85.4 cm³/mol. The van der Waals surface area contributed by atoms with Crippen molar-refractivity contribution in [1.29, 1.82) is 0 Å². The Hall–Kier alpha value is -0.120. The highest BCUT2D eigenvalue weighted by atomic mass is 16.5. The zero-order chi connectivity index (χ0) is 14.5. The molecule has 2 saturated carbocycles. The average molecular weight is 295 g/mol. The third-order valence-corrected chi connectivity index (χ3v) is 5.99. The molecule has 3 fully saturated rings. The number of rotatable bonds is 5. The molecule has 0 bridgehead atoms. The molecule has 0 spiro atoms. The van der Waals surface area contributed by atoms with E-state index in [2.05, 4.69) is 4.90 Å². The number of hydrogen-bond donors (Lipinski definition) is 1. The summed E-state index contributed by atoms with van der Waals surface area (Å²) in [5, 5.41) is 10.7. The van der Waals surface area contributed by atoms with E-state index in [-0.39, 0.29) is 6.10 Å². The van der Waals surface area contributed by atoms with E-state index in [1.54, 1.807) is 0 Å². The van der Waals surface area contributed by atoms with Crippen molar-refractivity contribution in [3.63, 3.8) is 0 Å².